The first kappa shape index (κ1) is 14.3. The van der Waals surface area contributed by atoms with Crippen molar-refractivity contribution in [2.75, 3.05) is 6.54 Å². The van der Waals surface area contributed by atoms with E-state index in [1.807, 2.05) is 24.3 Å². The normalized spacial score (nSPS) is 12.4. The van der Waals surface area contributed by atoms with E-state index < -0.39 is 0 Å². The number of rotatable bonds is 5. The summed E-state index contributed by atoms with van der Waals surface area (Å²) in [5.41, 5.74) is 2.12. The highest BCUT2D eigenvalue weighted by Gasteiger charge is 2.14. The fraction of sp³-hybridized carbons (Fsp3) is 0.286. The van der Waals surface area contributed by atoms with Gasteiger partial charge in [-0.25, -0.2) is 0 Å². The van der Waals surface area contributed by atoms with Crippen LogP contribution >= 0.6 is 23.2 Å². The molecule has 19 heavy (non-hydrogen) atoms. The molecule has 1 atom stereocenters. The van der Waals surface area contributed by atoms with Crippen LogP contribution in [0.3, 0.4) is 0 Å². The first-order valence-electron chi connectivity index (χ1n) is 6.17. The zero-order chi connectivity index (χ0) is 13.7. The summed E-state index contributed by atoms with van der Waals surface area (Å²) in [6.45, 7) is 3.04. The van der Waals surface area contributed by atoms with Crippen molar-refractivity contribution in [3.63, 3.8) is 0 Å². The summed E-state index contributed by atoms with van der Waals surface area (Å²) in [6.07, 6.45) is 4.50. The maximum atomic E-state index is 6.09. The van der Waals surface area contributed by atoms with Crippen LogP contribution in [0.1, 0.15) is 30.5 Å². The molecule has 0 amide bonds. The molecule has 0 aliphatic rings. The Balaban J connectivity index is 2.34. The van der Waals surface area contributed by atoms with E-state index in [-0.39, 0.29) is 6.04 Å². The molecular weight excluding hydrogens is 281 g/mol. The van der Waals surface area contributed by atoms with Crippen molar-refractivity contribution < 1.29 is 0 Å². The number of benzene rings is 1. The first-order valence-corrected chi connectivity index (χ1v) is 6.93. The predicted molar refractivity (Wildman–Crippen MR) is 78.6 cm³/mol. The lowest BCUT2D eigenvalue weighted by molar-refractivity contribution is 0.595. The topological polar surface area (TPSA) is 37.8 Å². The summed E-state index contributed by atoms with van der Waals surface area (Å²) < 4.78 is 0. The highest BCUT2D eigenvalue weighted by Crippen LogP contribution is 2.28. The molecule has 3 nitrogen and oxygen atoms in total. The van der Waals surface area contributed by atoms with Gasteiger partial charge >= 0.3 is 0 Å². The lowest BCUT2D eigenvalue weighted by Gasteiger charge is -2.19. The number of hydrogen-bond acceptors (Lipinski definition) is 3. The van der Waals surface area contributed by atoms with Crippen LogP contribution in [0.15, 0.2) is 36.7 Å². The van der Waals surface area contributed by atoms with Crippen molar-refractivity contribution in [2.24, 2.45) is 0 Å². The fourth-order valence-corrected chi connectivity index (χ4v) is 2.19. The maximum Gasteiger partial charge on any atom is 0.0595 e. The first-order chi connectivity index (χ1) is 9.22. The fourth-order valence-electron chi connectivity index (χ4n) is 1.88. The molecule has 0 spiro atoms. The lowest BCUT2D eigenvalue weighted by Crippen LogP contribution is -2.23. The Kier molecular flexibility index (Phi) is 5.14. The van der Waals surface area contributed by atoms with Crippen LogP contribution < -0.4 is 5.32 Å². The Morgan fingerprint density at radius 3 is 2.58 bits per heavy atom. The second kappa shape index (κ2) is 6.85. The minimum atomic E-state index is 0.0465. The molecule has 0 aliphatic heterocycles. The minimum Gasteiger partial charge on any atom is -0.306 e. The van der Waals surface area contributed by atoms with Gasteiger partial charge in [0.25, 0.3) is 0 Å². The summed E-state index contributed by atoms with van der Waals surface area (Å²) in [4.78, 5) is 0. The molecule has 0 radical (unpaired) electrons. The number of nitrogens with one attached hydrogen (secondary N) is 1. The molecule has 0 saturated heterocycles. The highest BCUT2D eigenvalue weighted by molar-refractivity contribution is 6.42. The van der Waals surface area contributed by atoms with Crippen LogP contribution in [-0.4, -0.2) is 16.7 Å². The van der Waals surface area contributed by atoms with Gasteiger partial charge in [0.05, 0.1) is 22.3 Å². The van der Waals surface area contributed by atoms with E-state index in [9.17, 15) is 0 Å². The lowest BCUT2D eigenvalue weighted by atomic mass is 10.0. The van der Waals surface area contributed by atoms with Gasteiger partial charge in [-0.15, -0.1) is 0 Å². The molecule has 0 aliphatic carbocycles. The standard InChI is InChI=1S/C14H15Cl2N3/c1-2-6-17-14(11-5-7-18-19-9-11)10-3-4-12(15)13(16)8-10/h3-5,7-9,14,17H,2,6H2,1H3. The van der Waals surface area contributed by atoms with Gasteiger partial charge in [-0.05, 0) is 42.3 Å². The van der Waals surface area contributed by atoms with E-state index in [1.165, 1.54) is 0 Å². The average molecular weight is 296 g/mol. The van der Waals surface area contributed by atoms with Gasteiger partial charge in [0.1, 0.15) is 0 Å². The SMILES string of the molecule is CCCNC(c1ccnnc1)c1ccc(Cl)c(Cl)c1. The van der Waals surface area contributed by atoms with Crippen LogP contribution in [0.5, 0.6) is 0 Å². The third-order valence-corrected chi connectivity index (χ3v) is 3.55. The quantitative estimate of drug-likeness (QED) is 0.910. The van der Waals surface area contributed by atoms with Gasteiger partial charge in [-0.1, -0.05) is 36.2 Å². The maximum absolute atomic E-state index is 6.09. The largest absolute Gasteiger partial charge is 0.306 e. The molecule has 1 aromatic carbocycles. The molecular formula is C14H15Cl2N3. The number of halogens is 2. The second-order valence-corrected chi connectivity index (χ2v) is 5.05. The van der Waals surface area contributed by atoms with Crippen LogP contribution in [0, 0.1) is 0 Å². The molecule has 0 saturated carbocycles. The Morgan fingerprint density at radius 1 is 1.11 bits per heavy atom. The monoisotopic (exact) mass is 295 g/mol. The van der Waals surface area contributed by atoms with Crippen molar-refractivity contribution in [1.82, 2.24) is 15.5 Å². The van der Waals surface area contributed by atoms with Gasteiger partial charge in [0, 0.05) is 6.20 Å². The minimum absolute atomic E-state index is 0.0465. The molecule has 100 valence electrons. The van der Waals surface area contributed by atoms with E-state index in [1.54, 1.807) is 12.4 Å². The summed E-state index contributed by atoms with van der Waals surface area (Å²) in [5.74, 6) is 0. The van der Waals surface area contributed by atoms with Gasteiger partial charge in [-0.3, -0.25) is 0 Å². The van der Waals surface area contributed by atoms with Gasteiger partial charge in [0.15, 0.2) is 0 Å². The van der Waals surface area contributed by atoms with E-state index >= 15 is 0 Å². The van der Waals surface area contributed by atoms with E-state index in [4.69, 9.17) is 23.2 Å². The van der Waals surface area contributed by atoms with E-state index in [0.29, 0.717) is 10.0 Å². The van der Waals surface area contributed by atoms with Crippen LogP contribution in [0.2, 0.25) is 10.0 Å². The van der Waals surface area contributed by atoms with Crippen molar-refractivity contribution in [3.05, 3.63) is 57.8 Å². The van der Waals surface area contributed by atoms with Gasteiger partial charge < -0.3 is 5.32 Å². The second-order valence-electron chi connectivity index (χ2n) is 4.24. The zero-order valence-electron chi connectivity index (χ0n) is 10.6. The Hall–Kier alpha value is -1.16. The van der Waals surface area contributed by atoms with E-state index in [0.717, 1.165) is 24.1 Å². The molecule has 2 aromatic rings. The van der Waals surface area contributed by atoms with Crippen molar-refractivity contribution >= 4 is 23.2 Å². The van der Waals surface area contributed by atoms with Gasteiger partial charge in [-0.2, -0.15) is 10.2 Å². The Bertz CT molecular complexity index is 531. The Labute approximate surface area is 123 Å². The molecule has 1 aromatic heterocycles. The average Bonchev–Trinajstić information content (AvgIpc) is 2.44. The van der Waals surface area contributed by atoms with E-state index in [2.05, 4.69) is 22.4 Å². The summed E-state index contributed by atoms with van der Waals surface area (Å²) in [5, 5.41) is 12.3. The number of hydrogen-bond donors (Lipinski definition) is 1. The van der Waals surface area contributed by atoms with Gasteiger partial charge in [0.2, 0.25) is 0 Å². The zero-order valence-corrected chi connectivity index (χ0v) is 12.1. The third-order valence-electron chi connectivity index (χ3n) is 2.82. The number of aromatic nitrogens is 2. The molecule has 5 heteroatoms. The smallest absolute Gasteiger partial charge is 0.0595 e. The van der Waals surface area contributed by atoms with Crippen molar-refractivity contribution in [1.29, 1.82) is 0 Å². The molecule has 2 rings (SSSR count). The summed E-state index contributed by atoms with van der Waals surface area (Å²) in [6, 6.07) is 7.67. The Morgan fingerprint density at radius 2 is 1.95 bits per heavy atom. The predicted octanol–water partition coefficient (Wildman–Crippen LogP) is 3.87. The van der Waals surface area contributed by atoms with Crippen molar-refractivity contribution in [2.45, 2.75) is 19.4 Å². The third kappa shape index (κ3) is 3.66. The summed E-state index contributed by atoms with van der Waals surface area (Å²) in [7, 11) is 0. The molecule has 0 fully saturated rings. The summed E-state index contributed by atoms with van der Waals surface area (Å²) >= 11 is 12.1. The van der Waals surface area contributed by atoms with Crippen LogP contribution in [0.4, 0.5) is 0 Å². The number of nitrogens with zero attached hydrogens (tertiary/aromatic N) is 2. The van der Waals surface area contributed by atoms with Crippen LogP contribution in [-0.2, 0) is 0 Å². The van der Waals surface area contributed by atoms with Crippen molar-refractivity contribution in [3.8, 4) is 0 Å². The molecule has 1 unspecified atom stereocenters. The highest BCUT2D eigenvalue weighted by atomic mass is 35.5. The molecule has 0 bridgehead atoms. The molecule has 1 heterocycles. The molecule has 1 N–H and O–H groups in total. The van der Waals surface area contributed by atoms with Crippen LogP contribution in [0.25, 0.3) is 0 Å².